The third-order valence-corrected chi connectivity index (χ3v) is 3.49. The van der Waals surface area contributed by atoms with Gasteiger partial charge in [0.25, 0.3) is 0 Å². The summed E-state index contributed by atoms with van der Waals surface area (Å²) < 4.78 is 0. The lowest BCUT2D eigenvalue weighted by Gasteiger charge is -2.32. The first kappa shape index (κ1) is 15.0. The van der Waals surface area contributed by atoms with Crippen LogP contribution in [0.1, 0.15) is 47.0 Å². The van der Waals surface area contributed by atoms with Crippen molar-refractivity contribution in [1.82, 2.24) is 5.32 Å². The Morgan fingerprint density at radius 2 is 1.78 bits per heavy atom. The highest BCUT2D eigenvalue weighted by atomic mass is 16.4. The molecule has 0 aromatic rings. The number of carbonyl (C=O) groups is 2. The fourth-order valence-electron chi connectivity index (χ4n) is 1.54. The lowest BCUT2D eigenvalue weighted by atomic mass is 9.76. The number of carboxylic acid groups (broad SMARTS) is 1. The smallest absolute Gasteiger partial charge is 0.319 e. The van der Waals surface area contributed by atoms with Gasteiger partial charge in [-0.1, -0.05) is 20.8 Å². The van der Waals surface area contributed by atoms with Gasteiger partial charge in [0.2, 0.25) is 5.91 Å². The fraction of sp³-hybridized carbons (Fsp3) is 0.846. The molecule has 0 saturated heterocycles. The molecule has 104 valence electrons. The van der Waals surface area contributed by atoms with Gasteiger partial charge in [0, 0.05) is 6.04 Å². The molecule has 0 bridgehead atoms. The molecule has 0 aliphatic heterocycles. The van der Waals surface area contributed by atoms with Crippen LogP contribution in [-0.2, 0) is 9.59 Å². The number of hydrogen-bond acceptors (Lipinski definition) is 3. The summed E-state index contributed by atoms with van der Waals surface area (Å²) in [7, 11) is 0. The molecular formula is C13H23NO4. The lowest BCUT2D eigenvalue weighted by Crippen LogP contribution is -2.48. The Bertz CT molecular complexity index is 343. The number of nitrogens with one attached hydrogen (secondary N) is 1. The second-order valence-corrected chi connectivity index (χ2v) is 6.47. The van der Waals surface area contributed by atoms with E-state index in [1.54, 1.807) is 0 Å². The highest BCUT2D eigenvalue weighted by Gasteiger charge is 2.46. The van der Waals surface area contributed by atoms with Crippen molar-refractivity contribution in [1.29, 1.82) is 0 Å². The molecule has 1 aliphatic rings. The number of carboxylic acids is 1. The summed E-state index contributed by atoms with van der Waals surface area (Å²) in [5.41, 5.74) is -2.02. The average molecular weight is 257 g/mol. The van der Waals surface area contributed by atoms with E-state index in [1.807, 2.05) is 20.8 Å². The minimum atomic E-state index is -1.57. The zero-order valence-corrected chi connectivity index (χ0v) is 11.5. The Morgan fingerprint density at radius 3 is 2.11 bits per heavy atom. The van der Waals surface area contributed by atoms with Crippen molar-refractivity contribution in [3.63, 3.8) is 0 Å². The molecule has 0 radical (unpaired) electrons. The molecule has 1 aliphatic carbocycles. The lowest BCUT2D eigenvalue weighted by molar-refractivity contribution is -0.158. The van der Waals surface area contributed by atoms with Crippen molar-refractivity contribution in [3.8, 4) is 0 Å². The number of aliphatic hydroxyl groups is 1. The van der Waals surface area contributed by atoms with E-state index in [0.29, 0.717) is 0 Å². The van der Waals surface area contributed by atoms with E-state index < -0.39 is 28.8 Å². The summed E-state index contributed by atoms with van der Waals surface area (Å²) in [5.74, 6) is -1.69. The normalized spacial score (nSPS) is 20.9. The summed E-state index contributed by atoms with van der Waals surface area (Å²) in [6.45, 7) is 6.83. The number of hydrogen-bond donors (Lipinski definition) is 3. The Kier molecular flexibility index (Phi) is 4.05. The van der Waals surface area contributed by atoms with Gasteiger partial charge < -0.3 is 15.5 Å². The van der Waals surface area contributed by atoms with Crippen LogP contribution in [0.4, 0.5) is 0 Å². The predicted molar refractivity (Wildman–Crippen MR) is 67.0 cm³/mol. The maximum Gasteiger partial charge on any atom is 0.319 e. The van der Waals surface area contributed by atoms with Crippen molar-refractivity contribution in [2.75, 3.05) is 0 Å². The quantitative estimate of drug-likeness (QED) is 0.645. The van der Waals surface area contributed by atoms with E-state index in [-0.39, 0.29) is 12.5 Å². The maximum atomic E-state index is 12.0. The minimum absolute atomic E-state index is 0.0790. The molecular weight excluding hydrogens is 234 g/mol. The van der Waals surface area contributed by atoms with Gasteiger partial charge in [-0.2, -0.15) is 0 Å². The third kappa shape index (κ3) is 3.45. The van der Waals surface area contributed by atoms with Crippen LogP contribution in [0.3, 0.4) is 0 Å². The van der Waals surface area contributed by atoms with E-state index in [4.69, 9.17) is 0 Å². The van der Waals surface area contributed by atoms with E-state index in [1.165, 1.54) is 6.92 Å². The molecule has 3 N–H and O–H groups in total. The van der Waals surface area contributed by atoms with E-state index in [0.717, 1.165) is 12.8 Å². The molecule has 1 rings (SSSR count). The number of amides is 1. The molecule has 0 aromatic carbocycles. The Labute approximate surface area is 108 Å². The maximum absolute atomic E-state index is 12.0. The summed E-state index contributed by atoms with van der Waals surface area (Å²) in [6.07, 6.45) is 0.889. The molecule has 1 amide bonds. The van der Waals surface area contributed by atoms with Gasteiger partial charge in [0.05, 0.1) is 6.10 Å². The molecule has 2 atom stereocenters. The van der Waals surface area contributed by atoms with Crippen molar-refractivity contribution in [2.45, 2.75) is 59.1 Å². The van der Waals surface area contributed by atoms with Gasteiger partial charge in [0.1, 0.15) is 5.41 Å². The van der Waals surface area contributed by atoms with E-state index in [9.17, 15) is 19.8 Å². The van der Waals surface area contributed by atoms with E-state index >= 15 is 0 Å². The Balaban J connectivity index is 2.79. The summed E-state index contributed by atoms with van der Waals surface area (Å²) >= 11 is 0. The van der Waals surface area contributed by atoms with Crippen LogP contribution in [0, 0.1) is 10.8 Å². The number of carbonyl (C=O) groups excluding carboxylic acids is 1. The molecule has 1 saturated carbocycles. The van der Waals surface area contributed by atoms with Gasteiger partial charge in [-0.25, -0.2) is 0 Å². The second kappa shape index (κ2) is 4.88. The topological polar surface area (TPSA) is 86.6 Å². The van der Waals surface area contributed by atoms with Gasteiger partial charge >= 0.3 is 5.97 Å². The highest BCUT2D eigenvalue weighted by molar-refractivity contribution is 6.01. The second-order valence-electron chi connectivity index (χ2n) is 6.47. The monoisotopic (exact) mass is 257 g/mol. The largest absolute Gasteiger partial charge is 0.480 e. The molecule has 2 unspecified atom stereocenters. The molecule has 5 heteroatoms. The molecule has 0 aromatic heterocycles. The molecule has 0 heterocycles. The first-order valence-electron chi connectivity index (χ1n) is 6.30. The van der Waals surface area contributed by atoms with Crippen LogP contribution in [0.5, 0.6) is 0 Å². The van der Waals surface area contributed by atoms with Crippen LogP contribution in [0.2, 0.25) is 0 Å². The summed E-state index contributed by atoms with van der Waals surface area (Å²) in [6, 6.07) is 0.114. The van der Waals surface area contributed by atoms with Gasteiger partial charge in [0.15, 0.2) is 0 Å². The number of aliphatic hydroxyl groups excluding tert-OH is 1. The molecule has 5 nitrogen and oxygen atoms in total. The minimum Gasteiger partial charge on any atom is -0.480 e. The Hall–Kier alpha value is -1.10. The Morgan fingerprint density at radius 1 is 1.28 bits per heavy atom. The van der Waals surface area contributed by atoms with Crippen LogP contribution < -0.4 is 5.32 Å². The first-order valence-corrected chi connectivity index (χ1v) is 6.30. The predicted octanol–water partition coefficient (Wildman–Crippen LogP) is 1.15. The van der Waals surface area contributed by atoms with Crippen molar-refractivity contribution >= 4 is 11.9 Å². The van der Waals surface area contributed by atoms with Gasteiger partial charge in [-0.05, 0) is 31.6 Å². The summed E-state index contributed by atoms with van der Waals surface area (Å²) in [5, 5.41) is 22.0. The van der Waals surface area contributed by atoms with Crippen LogP contribution in [0.25, 0.3) is 0 Å². The standard InChI is InChI=1S/C13H23NO4/c1-12(2,3)9(15)7-13(4,11(17)18)10(16)14-8-5-6-8/h8-9,15H,5-7H2,1-4H3,(H,14,16)(H,17,18). The first-order chi connectivity index (χ1) is 8.07. The third-order valence-electron chi connectivity index (χ3n) is 3.49. The van der Waals surface area contributed by atoms with Crippen molar-refractivity contribution in [2.24, 2.45) is 10.8 Å². The number of rotatable bonds is 5. The zero-order chi connectivity index (χ0) is 14.1. The SMILES string of the molecule is CC(CC(O)C(C)(C)C)(C(=O)O)C(=O)NC1CC1. The zero-order valence-electron chi connectivity index (χ0n) is 11.5. The van der Waals surface area contributed by atoms with Crippen LogP contribution in [0.15, 0.2) is 0 Å². The van der Waals surface area contributed by atoms with Crippen molar-refractivity contribution in [3.05, 3.63) is 0 Å². The molecule has 18 heavy (non-hydrogen) atoms. The fourth-order valence-corrected chi connectivity index (χ4v) is 1.54. The summed E-state index contributed by atoms with van der Waals surface area (Å²) in [4.78, 5) is 23.4. The van der Waals surface area contributed by atoms with Crippen LogP contribution in [-0.4, -0.2) is 34.2 Å². The number of aliphatic carboxylic acids is 1. The van der Waals surface area contributed by atoms with Crippen molar-refractivity contribution < 1.29 is 19.8 Å². The highest BCUT2D eigenvalue weighted by Crippen LogP contribution is 2.33. The molecule has 0 spiro atoms. The van der Waals surface area contributed by atoms with Crippen LogP contribution >= 0.6 is 0 Å². The van der Waals surface area contributed by atoms with Gasteiger partial charge in [-0.3, -0.25) is 9.59 Å². The molecule has 1 fully saturated rings. The van der Waals surface area contributed by atoms with Gasteiger partial charge in [-0.15, -0.1) is 0 Å². The average Bonchev–Trinajstić information content (AvgIpc) is 2.99. The van der Waals surface area contributed by atoms with E-state index in [2.05, 4.69) is 5.32 Å².